The number of aliphatic imine (C=N–C) groups is 1. The molecule has 3 heteroatoms. The molecule has 2 rings (SSSR count). The fourth-order valence-electron chi connectivity index (χ4n) is 1.60. The van der Waals surface area contributed by atoms with Crippen molar-refractivity contribution in [2.45, 2.75) is 12.5 Å². The van der Waals surface area contributed by atoms with Crippen molar-refractivity contribution in [1.82, 2.24) is 0 Å². The highest BCUT2D eigenvalue weighted by molar-refractivity contribution is 7.09. The summed E-state index contributed by atoms with van der Waals surface area (Å²) in [6, 6.07) is 13.8. The van der Waals surface area contributed by atoms with Crippen molar-refractivity contribution >= 4 is 17.4 Å². The van der Waals surface area contributed by atoms with E-state index in [4.69, 9.17) is 0 Å². The molecule has 16 heavy (non-hydrogen) atoms. The zero-order valence-electron chi connectivity index (χ0n) is 8.67. The lowest BCUT2D eigenvalue weighted by atomic mass is 10.0. The number of thiophene rings is 1. The number of isocyanates is 1. The second kappa shape index (κ2) is 5.40. The number of hydrogen-bond donors (Lipinski definition) is 0. The van der Waals surface area contributed by atoms with Gasteiger partial charge in [0.25, 0.3) is 0 Å². The summed E-state index contributed by atoms with van der Waals surface area (Å²) in [5.41, 5.74) is 1.05. The minimum absolute atomic E-state index is 0.114. The van der Waals surface area contributed by atoms with Crippen LogP contribution in [0, 0.1) is 0 Å². The van der Waals surface area contributed by atoms with Crippen LogP contribution < -0.4 is 0 Å². The summed E-state index contributed by atoms with van der Waals surface area (Å²) in [5, 5.41) is 2.03. The minimum atomic E-state index is -0.114. The first-order valence-electron chi connectivity index (χ1n) is 5.04. The van der Waals surface area contributed by atoms with Crippen molar-refractivity contribution < 1.29 is 4.79 Å². The van der Waals surface area contributed by atoms with Crippen molar-refractivity contribution in [2.24, 2.45) is 4.99 Å². The summed E-state index contributed by atoms with van der Waals surface area (Å²) in [4.78, 5) is 15.5. The number of benzene rings is 1. The normalized spacial score (nSPS) is 11.8. The third kappa shape index (κ3) is 2.66. The number of nitrogens with zero attached hydrogens (tertiary/aromatic N) is 1. The van der Waals surface area contributed by atoms with Gasteiger partial charge in [0.05, 0.1) is 6.04 Å². The molecule has 0 bridgehead atoms. The van der Waals surface area contributed by atoms with E-state index in [1.54, 1.807) is 17.4 Å². The summed E-state index contributed by atoms with van der Waals surface area (Å²) in [7, 11) is 0. The van der Waals surface area contributed by atoms with Gasteiger partial charge in [-0.25, -0.2) is 4.79 Å². The lowest BCUT2D eigenvalue weighted by Gasteiger charge is -2.09. The summed E-state index contributed by atoms with van der Waals surface area (Å²) in [5.74, 6) is 0. The van der Waals surface area contributed by atoms with Crippen LogP contribution in [0.1, 0.15) is 16.5 Å². The molecule has 1 aromatic carbocycles. The van der Waals surface area contributed by atoms with Crippen LogP contribution in [0.5, 0.6) is 0 Å². The maximum atomic E-state index is 10.4. The Morgan fingerprint density at radius 3 is 2.62 bits per heavy atom. The molecule has 2 nitrogen and oxygen atoms in total. The van der Waals surface area contributed by atoms with Gasteiger partial charge in [-0.3, -0.25) is 0 Å². The highest BCUT2D eigenvalue weighted by atomic mass is 32.1. The topological polar surface area (TPSA) is 29.4 Å². The molecule has 0 spiro atoms. The van der Waals surface area contributed by atoms with Crippen LogP contribution in [0.15, 0.2) is 52.8 Å². The van der Waals surface area contributed by atoms with Gasteiger partial charge < -0.3 is 0 Å². The summed E-state index contributed by atoms with van der Waals surface area (Å²) >= 11 is 1.68. The smallest absolute Gasteiger partial charge is 0.211 e. The molecule has 0 fully saturated rings. The third-order valence-electron chi connectivity index (χ3n) is 2.37. The van der Waals surface area contributed by atoms with Crippen LogP contribution in [-0.2, 0) is 11.2 Å². The summed E-state index contributed by atoms with van der Waals surface area (Å²) in [6.07, 6.45) is 2.42. The second-order valence-electron chi connectivity index (χ2n) is 3.43. The third-order valence-corrected chi connectivity index (χ3v) is 3.27. The van der Waals surface area contributed by atoms with Gasteiger partial charge in [-0.2, -0.15) is 4.99 Å². The molecule has 80 valence electrons. The van der Waals surface area contributed by atoms with E-state index in [9.17, 15) is 4.79 Å². The van der Waals surface area contributed by atoms with Crippen molar-refractivity contribution in [1.29, 1.82) is 0 Å². The fraction of sp³-hybridized carbons (Fsp3) is 0.154. The van der Waals surface area contributed by atoms with Crippen LogP contribution in [-0.4, -0.2) is 6.08 Å². The molecule has 1 aromatic heterocycles. The maximum absolute atomic E-state index is 10.4. The molecule has 0 amide bonds. The van der Waals surface area contributed by atoms with E-state index >= 15 is 0 Å². The molecule has 0 aliphatic carbocycles. The van der Waals surface area contributed by atoms with Gasteiger partial charge in [0.15, 0.2) is 0 Å². The molecular formula is C13H11NOS. The molecule has 0 N–H and O–H groups in total. The highest BCUT2D eigenvalue weighted by Gasteiger charge is 2.10. The van der Waals surface area contributed by atoms with Gasteiger partial charge >= 0.3 is 0 Å². The Kier molecular flexibility index (Phi) is 3.65. The Hall–Kier alpha value is -1.70. The van der Waals surface area contributed by atoms with E-state index in [0.717, 1.165) is 12.0 Å². The first-order chi connectivity index (χ1) is 7.90. The van der Waals surface area contributed by atoms with Crippen molar-refractivity contribution in [2.75, 3.05) is 0 Å². The van der Waals surface area contributed by atoms with E-state index in [1.807, 2.05) is 41.8 Å². The largest absolute Gasteiger partial charge is 0.235 e. The van der Waals surface area contributed by atoms with E-state index in [0.29, 0.717) is 0 Å². The zero-order valence-corrected chi connectivity index (χ0v) is 9.48. The van der Waals surface area contributed by atoms with Gasteiger partial charge in [-0.05, 0) is 17.0 Å². The highest BCUT2D eigenvalue weighted by Crippen LogP contribution is 2.23. The molecule has 0 aliphatic heterocycles. The Morgan fingerprint density at radius 1 is 1.19 bits per heavy atom. The standard InChI is InChI=1S/C13H11NOS/c15-10-14-13(9-12-7-4-8-16-12)11-5-2-1-3-6-11/h1-8,13H,9H2. The van der Waals surface area contributed by atoms with Gasteiger partial charge in [0.1, 0.15) is 0 Å². The van der Waals surface area contributed by atoms with Gasteiger partial charge in [-0.1, -0.05) is 36.4 Å². The molecule has 0 saturated heterocycles. The Morgan fingerprint density at radius 2 is 2.00 bits per heavy atom. The monoisotopic (exact) mass is 229 g/mol. The predicted molar refractivity (Wildman–Crippen MR) is 65.3 cm³/mol. The van der Waals surface area contributed by atoms with Crippen LogP contribution in [0.4, 0.5) is 0 Å². The SMILES string of the molecule is O=C=NC(Cc1cccs1)c1ccccc1. The van der Waals surface area contributed by atoms with Crippen LogP contribution in [0.2, 0.25) is 0 Å². The molecule has 2 aromatic rings. The molecule has 1 heterocycles. The zero-order chi connectivity index (χ0) is 11.2. The number of hydrogen-bond acceptors (Lipinski definition) is 3. The summed E-state index contributed by atoms with van der Waals surface area (Å²) < 4.78 is 0. The van der Waals surface area contributed by atoms with Crippen molar-refractivity contribution in [3.8, 4) is 0 Å². The lowest BCUT2D eigenvalue weighted by Crippen LogP contribution is -1.98. The van der Waals surface area contributed by atoms with E-state index in [2.05, 4.69) is 11.1 Å². The molecular weight excluding hydrogens is 218 g/mol. The molecule has 1 atom stereocenters. The average Bonchev–Trinajstić information content (AvgIpc) is 2.83. The van der Waals surface area contributed by atoms with E-state index in [-0.39, 0.29) is 6.04 Å². The first kappa shape index (κ1) is 10.8. The summed E-state index contributed by atoms with van der Waals surface area (Å²) in [6.45, 7) is 0. The average molecular weight is 229 g/mol. The number of carbonyl (C=O) groups excluding carboxylic acids is 1. The van der Waals surface area contributed by atoms with E-state index < -0.39 is 0 Å². The van der Waals surface area contributed by atoms with Crippen LogP contribution >= 0.6 is 11.3 Å². The second-order valence-corrected chi connectivity index (χ2v) is 4.46. The van der Waals surface area contributed by atoms with Gasteiger partial charge in [0.2, 0.25) is 6.08 Å². The molecule has 0 aliphatic rings. The molecule has 1 unspecified atom stereocenters. The molecule has 0 saturated carbocycles. The van der Waals surface area contributed by atoms with Gasteiger partial charge in [-0.15, -0.1) is 11.3 Å². The van der Waals surface area contributed by atoms with Gasteiger partial charge in [0, 0.05) is 11.3 Å². The maximum Gasteiger partial charge on any atom is 0.235 e. The van der Waals surface area contributed by atoms with E-state index in [1.165, 1.54) is 4.88 Å². The van der Waals surface area contributed by atoms with Crippen molar-refractivity contribution in [3.63, 3.8) is 0 Å². The lowest BCUT2D eigenvalue weighted by molar-refractivity contribution is 0.557. The van der Waals surface area contributed by atoms with Crippen LogP contribution in [0.3, 0.4) is 0 Å². The Bertz CT molecular complexity index is 472. The fourth-order valence-corrected chi connectivity index (χ4v) is 2.34. The minimum Gasteiger partial charge on any atom is -0.211 e. The number of rotatable bonds is 4. The quantitative estimate of drug-likeness (QED) is 0.584. The Balaban J connectivity index is 2.21. The van der Waals surface area contributed by atoms with Crippen molar-refractivity contribution in [3.05, 3.63) is 58.3 Å². The van der Waals surface area contributed by atoms with Crippen LogP contribution in [0.25, 0.3) is 0 Å². The first-order valence-corrected chi connectivity index (χ1v) is 5.92. The predicted octanol–water partition coefficient (Wildman–Crippen LogP) is 3.37. The molecule has 0 radical (unpaired) electrons. The Labute approximate surface area is 98.3 Å².